The first-order chi connectivity index (χ1) is 11.6. The Bertz CT molecular complexity index is 726. The summed E-state index contributed by atoms with van der Waals surface area (Å²) in [6.45, 7) is 1.48. The maximum Gasteiger partial charge on any atom is 0.293 e. The van der Waals surface area contributed by atoms with Gasteiger partial charge in [-0.15, -0.1) is 0 Å². The van der Waals surface area contributed by atoms with Gasteiger partial charge in [-0.3, -0.25) is 9.59 Å². The van der Waals surface area contributed by atoms with Crippen molar-refractivity contribution in [3.05, 3.63) is 34.9 Å². The van der Waals surface area contributed by atoms with E-state index in [1.165, 1.54) is 0 Å². The lowest BCUT2D eigenvalue weighted by Gasteiger charge is -2.34. The van der Waals surface area contributed by atoms with Crippen LogP contribution in [0.5, 0.6) is 0 Å². The number of rotatable bonds is 3. The number of piperidine rings is 1. The minimum absolute atomic E-state index is 0.0808. The van der Waals surface area contributed by atoms with Crippen LogP contribution < -0.4 is 15.8 Å². The maximum atomic E-state index is 12.6. The molecule has 2 heterocycles. The average molecular weight is 328 g/mol. The van der Waals surface area contributed by atoms with Crippen LogP contribution >= 0.6 is 0 Å². The highest BCUT2D eigenvalue weighted by atomic mass is 16.2. The summed E-state index contributed by atoms with van der Waals surface area (Å²) in [6.07, 6.45) is 11.8. The Kier molecular flexibility index (Phi) is 3.90. The molecule has 0 spiro atoms. The number of nitrogens with one attached hydrogen (secondary N) is 1. The first-order valence-electron chi connectivity index (χ1n) is 8.87. The topological polar surface area (TPSA) is 67.2 Å². The van der Waals surface area contributed by atoms with Gasteiger partial charge in [-0.25, -0.2) is 4.98 Å². The SMILES string of the molecule is Cn1ccnc(N2CCC[C@H](NC(=O)[C@@H]3C[C@H]4C=C[C@H]3C4)C2)c1=O. The Labute approximate surface area is 141 Å². The van der Waals surface area contributed by atoms with Gasteiger partial charge in [-0.05, 0) is 37.5 Å². The summed E-state index contributed by atoms with van der Waals surface area (Å²) in [5, 5.41) is 3.23. The second kappa shape index (κ2) is 6.07. The van der Waals surface area contributed by atoms with Crippen molar-refractivity contribution in [1.82, 2.24) is 14.9 Å². The van der Waals surface area contributed by atoms with E-state index in [0.717, 1.165) is 32.2 Å². The molecule has 6 nitrogen and oxygen atoms in total. The number of aromatic nitrogens is 2. The summed E-state index contributed by atoms with van der Waals surface area (Å²) in [6, 6.07) is 0.0982. The van der Waals surface area contributed by atoms with Crippen molar-refractivity contribution in [1.29, 1.82) is 0 Å². The van der Waals surface area contributed by atoms with Crippen LogP contribution in [-0.2, 0) is 11.8 Å². The minimum Gasteiger partial charge on any atom is -0.351 e. The van der Waals surface area contributed by atoms with Gasteiger partial charge in [0.25, 0.3) is 5.56 Å². The first kappa shape index (κ1) is 15.4. The normalized spacial score (nSPS) is 31.5. The smallest absolute Gasteiger partial charge is 0.293 e. The lowest BCUT2D eigenvalue weighted by molar-refractivity contribution is -0.126. The number of carbonyl (C=O) groups is 1. The van der Waals surface area contributed by atoms with E-state index in [1.54, 1.807) is 24.0 Å². The fourth-order valence-corrected chi connectivity index (χ4v) is 4.38. The van der Waals surface area contributed by atoms with Crippen molar-refractivity contribution in [2.45, 2.75) is 31.7 Å². The molecule has 4 rings (SSSR count). The van der Waals surface area contributed by atoms with Crippen molar-refractivity contribution in [2.24, 2.45) is 24.8 Å². The van der Waals surface area contributed by atoms with Gasteiger partial charge in [0.2, 0.25) is 5.91 Å². The van der Waals surface area contributed by atoms with Crippen molar-refractivity contribution in [3.63, 3.8) is 0 Å². The molecule has 0 aromatic carbocycles. The van der Waals surface area contributed by atoms with Crippen LogP contribution in [0.4, 0.5) is 5.82 Å². The molecule has 128 valence electrons. The zero-order chi connectivity index (χ0) is 16.7. The fourth-order valence-electron chi connectivity index (χ4n) is 4.38. The summed E-state index contributed by atoms with van der Waals surface area (Å²) in [5.41, 5.74) is -0.0808. The zero-order valence-electron chi connectivity index (χ0n) is 14.0. The largest absolute Gasteiger partial charge is 0.351 e. The quantitative estimate of drug-likeness (QED) is 0.843. The number of hydrogen-bond acceptors (Lipinski definition) is 4. The van der Waals surface area contributed by atoms with Gasteiger partial charge >= 0.3 is 0 Å². The molecule has 6 heteroatoms. The van der Waals surface area contributed by atoms with E-state index in [4.69, 9.17) is 0 Å². The van der Waals surface area contributed by atoms with Gasteiger partial charge in [0.15, 0.2) is 5.82 Å². The molecule has 1 saturated heterocycles. The number of carbonyl (C=O) groups excluding carboxylic acids is 1. The molecule has 0 radical (unpaired) electrons. The van der Waals surface area contributed by atoms with Crippen molar-refractivity contribution >= 4 is 11.7 Å². The molecule has 2 aliphatic carbocycles. The zero-order valence-corrected chi connectivity index (χ0v) is 14.0. The van der Waals surface area contributed by atoms with Gasteiger partial charge in [0, 0.05) is 44.5 Å². The number of anilines is 1. The molecular formula is C18H24N4O2. The highest BCUT2D eigenvalue weighted by Crippen LogP contribution is 2.43. The Morgan fingerprint density at radius 2 is 2.21 bits per heavy atom. The van der Waals surface area contributed by atoms with Crippen LogP contribution in [0, 0.1) is 17.8 Å². The monoisotopic (exact) mass is 328 g/mol. The van der Waals surface area contributed by atoms with Crippen molar-refractivity contribution in [3.8, 4) is 0 Å². The third-order valence-electron chi connectivity index (χ3n) is 5.68. The van der Waals surface area contributed by atoms with E-state index in [9.17, 15) is 9.59 Å². The molecular weight excluding hydrogens is 304 g/mol. The fraction of sp³-hybridized carbons (Fsp3) is 0.611. The highest BCUT2D eigenvalue weighted by Gasteiger charge is 2.40. The first-order valence-corrected chi connectivity index (χ1v) is 8.87. The molecule has 1 saturated carbocycles. The number of fused-ring (bicyclic) bond motifs is 2. The standard InChI is InChI=1S/C18H24N4O2/c1-21-8-6-19-16(18(21)24)22-7-2-3-14(11-22)20-17(23)15-10-12-4-5-13(15)9-12/h4-6,8,12-15H,2-3,7,9-11H2,1H3,(H,20,23)/t12-,13-,14-,15+/m0/s1. The molecule has 2 fully saturated rings. The summed E-state index contributed by atoms with van der Waals surface area (Å²) in [5.74, 6) is 1.84. The van der Waals surface area contributed by atoms with E-state index in [0.29, 0.717) is 24.2 Å². The van der Waals surface area contributed by atoms with E-state index in [1.807, 2.05) is 4.90 Å². The number of allylic oxidation sites excluding steroid dienone is 2. The number of nitrogens with zero attached hydrogens (tertiary/aromatic N) is 3. The molecule has 1 N–H and O–H groups in total. The minimum atomic E-state index is -0.0808. The molecule has 1 amide bonds. The van der Waals surface area contributed by atoms with Gasteiger partial charge in [0.05, 0.1) is 0 Å². The predicted octanol–water partition coefficient (Wildman–Crippen LogP) is 1.08. The second-order valence-electron chi connectivity index (χ2n) is 7.35. The third-order valence-corrected chi connectivity index (χ3v) is 5.68. The van der Waals surface area contributed by atoms with Crippen LogP contribution in [0.2, 0.25) is 0 Å². The second-order valence-corrected chi connectivity index (χ2v) is 7.35. The van der Waals surface area contributed by atoms with E-state index < -0.39 is 0 Å². The van der Waals surface area contributed by atoms with Crippen LogP contribution in [0.3, 0.4) is 0 Å². The molecule has 1 aromatic rings. The molecule has 1 aliphatic heterocycles. The predicted molar refractivity (Wildman–Crippen MR) is 91.7 cm³/mol. The van der Waals surface area contributed by atoms with Gasteiger partial charge in [0.1, 0.15) is 0 Å². The molecule has 3 aliphatic rings. The summed E-state index contributed by atoms with van der Waals surface area (Å²) in [7, 11) is 1.74. The maximum absolute atomic E-state index is 12.6. The molecule has 0 unspecified atom stereocenters. The molecule has 1 aromatic heterocycles. The van der Waals surface area contributed by atoms with Crippen LogP contribution in [-0.4, -0.2) is 34.6 Å². The summed E-state index contributed by atoms with van der Waals surface area (Å²) in [4.78, 5) is 31.1. The Morgan fingerprint density at radius 1 is 1.33 bits per heavy atom. The lowest BCUT2D eigenvalue weighted by Crippen LogP contribution is -2.51. The number of hydrogen-bond donors (Lipinski definition) is 1. The van der Waals surface area contributed by atoms with E-state index in [-0.39, 0.29) is 23.4 Å². The van der Waals surface area contributed by atoms with Gasteiger partial charge < -0.3 is 14.8 Å². The number of amides is 1. The Balaban J connectivity index is 1.42. The van der Waals surface area contributed by atoms with E-state index in [2.05, 4.69) is 22.5 Å². The Hall–Kier alpha value is -2.11. The molecule has 24 heavy (non-hydrogen) atoms. The molecule has 4 atom stereocenters. The summed E-state index contributed by atoms with van der Waals surface area (Å²) >= 11 is 0. The van der Waals surface area contributed by atoms with E-state index >= 15 is 0 Å². The number of aryl methyl sites for hydroxylation is 1. The van der Waals surface area contributed by atoms with Gasteiger partial charge in [-0.2, -0.15) is 0 Å². The van der Waals surface area contributed by atoms with Crippen molar-refractivity contribution in [2.75, 3.05) is 18.0 Å². The van der Waals surface area contributed by atoms with Crippen molar-refractivity contribution < 1.29 is 4.79 Å². The highest BCUT2D eigenvalue weighted by molar-refractivity contribution is 5.80. The Morgan fingerprint density at radius 3 is 2.96 bits per heavy atom. The van der Waals surface area contributed by atoms with Crippen LogP contribution in [0.15, 0.2) is 29.3 Å². The van der Waals surface area contributed by atoms with Crippen LogP contribution in [0.25, 0.3) is 0 Å². The average Bonchev–Trinajstić information content (AvgIpc) is 3.21. The van der Waals surface area contributed by atoms with Crippen LogP contribution in [0.1, 0.15) is 25.7 Å². The third kappa shape index (κ3) is 2.74. The summed E-state index contributed by atoms with van der Waals surface area (Å²) < 4.78 is 1.55. The van der Waals surface area contributed by atoms with Gasteiger partial charge in [-0.1, -0.05) is 12.2 Å². The molecule has 2 bridgehead atoms. The lowest BCUT2D eigenvalue weighted by atomic mass is 9.92.